The van der Waals surface area contributed by atoms with Crippen LogP contribution in [-0.4, -0.2) is 37.3 Å². The number of esters is 1. The van der Waals surface area contributed by atoms with Crippen molar-refractivity contribution in [2.75, 3.05) is 13.2 Å². The highest BCUT2D eigenvalue weighted by molar-refractivity contribution is 6.74. The van der Waals surface area contributed by atoms with Crippen LogP contribution >= 0.6 is 0 Å². The van der Waals surface area contributed by atoms with E-state index < -0.39 is 8.32 Å². The molecule has 1 aromatic heterocycles. The second-order valence-electron chi connectivity index (χ2n) is 7.46. The Kier molecular flexibility index (Phi) is 6.59. The van der Waals surface area contributed by atoms with Gasteiger partial charge in [0.1, 0.15) is 5.69 Å². The molecule has 0 bridgehead atoms. The Morgan fingerprint density at radius 2 is 1.96 bits per heavy atom. The number of carbonyl (C=O) groups excluding carboxylic acids is 1. The van der Waals surface area contributed by atoms with E-state index in [4.69, 9.17) is 9.16 Å². The van der Waals surface area contributed by atoms with Gasteiger partial charge in [0.25, 0.3) is 0 Å². The molecule has 23 heavy (non-hydrogen) atoms. The highest BCUT2D eigenvalue weighted by Gasteiger charge is 2.37. The number of rotatable bonds is 7. The summed E-state index contributed by atoms with van der Waals surface area (Å²) >= 11 is 0. The van der Waals surface area contributed by atoms with Crippen LogP contribution in [0.25, 0.3) is 0 Å². The fraction of sp³-hybridized carbons (Fsp3) is 0.765. The molecule has 1 atom stereocenters. The Morgan fingerprint density at radius 3 is 2.43 bits per heavy atom. The molecular formula is C17H32N2O3Si. The topological polar surface area (TPSA) is 53.3 Å². The lowest BCUT2D eigenvalue weighted by Gasteiger charge is -2.37. The lowest BCUT2D eigenvalue weighted by Crippen LogP contribution is -2.42. The number of aryl methyl sites for hydroxylation is 1. The number of hydrogen-bond acceptors (Lipinski definition) is 4. The third-order valence-corrected chi connectivity index (χ3v) is 9.04. The molecule has 0 aliphatic heterocycles. The maximum Gasteiger partial charge on any atom is 0.356 e. The molecule has 0 saturated heterocycles. The van der Waals surface area contributed by atoms with Crippen molar-refractivity contribution in [3.05, 3.63) is 17.5 Å². The molecule has 1 rings (SSSR count). The number of aromatic nitrogens is 2. The third kappa shape index (κ3) is 4.91. The van der Waals surface area contributed by atoms with Gasteiger partial charge < -0.3 is 9.16 Å². The molecule has 0 radical (unpaired) electrons. The molecule has 0 saturated carbocycles. The van der Waals surface area contributed by atoms with E-state index >= 15 is 0 Å². The van der Waals surface area contributed by atoms with E-state index in [1.807, 2.05) is 26.8 Å². The molecule has 0 aliphatic carbocycles. The summed E-state index contributed by atoms with van der Waals surface area (Å²) in [5, 5.41) is 4.71. The first kappa shape index (κ1) is 19.9. The van der Waals surface area contributed by atoms with Gasteiger partial charge in [0, 0.05) is 0 Å². The Bertz CT molecular complexity index is 532. The smallest absolute Gasteiger partial charge is 0.356 e. The average Bonchev–Trinajstić information content (AvgIpc) is 2.88. The largest absolute Gasteiger partial charge is 0.461 e. The van der Waals surface area contributed by atoms with Crippen LogP contribution < -0.4 is 0 Å². The first-order valence-corrected chi connectivity index (χ1v) is 11.3. The van der Waals surface area contributed by atoms with Crippen LogP contribution in [0, 0.1) is 0 Å². The van der Waals surface area contributed by atoms with Crippen molar-refractivity contribution in [2.24, 2.45) is 0 Å². The van der Waals surface area contributed by atoms with Crippen LogP contribution in [0.5, 0.6) is 0 Å². The summed E-state index contributed by atoms with van der Waals surface area (Å²) in [4.78, 5) is 12.1. The van der Waals surface area contributed by atoms with Gasteiger partial charge in [-0.2, -0.15) is 5.10 Å². The highest BCUT2D eigenvalue weighted by atomic mass is 28.4. The second-order valence-corrected chi connectivity index (χ2v) is 12.3. The standard InChI is InChI=1S/C17H32N2O3Si/c1-9-14-11-15(16(20)21-10-2)19(18-14)13(3)12-22-23(7,8)17(4,5)6/h11,13H,9-10,12H2,1-8H3/t13-/m0/s1. The summed E-state index contributed by atoms with van der Waals surface area (Å²) in [5.41, 5.74) is 1.40. The molecule has 6 heteroatoms. The van der Waals surface area contributed by atoms with Gasteiger partial charge in [0.05, 0.1) is 24.9 Å². The third-order valence-electron chi connectivity index (χ3n) is 4.54. The Morgan fingerprint density at radius 1 is 1.35 bits per heavy atom. The normalized spacial score (nSPS) is 13.9. The molecule has 0 unspecified atom stereocenters. The molecule has 132 valence electrons. The van der Waals surface area contributed by atoms with Gasteiger partial charge in [-0.3, -0.25) is 4.68 Å². The van der Waals surface area contributed by atoms with Crippen molar-refractivity contribution in [2.45, 2.75) is 72.1 Å². The van der Waals surface area contributed by atoms with Gasteiger partial charge in [0.2, 0.25) is 0 Å². The summed E-state index contributed by atoms with van der Waals surface area (Å²) in [6.45, 7) is 17.9. The van der Waals surface area contributed by atoms with E-state index in [-0.39, 0.29) is 17.0 Å². The van der Waals surface area contributed by atoms with Crippen LogP contribution in [0.3, 0.4) is 0 Å². The second kappa shape index (κ2) is 7.62. The molecule has 0 spiro atoms. The van der Waals surface area contributed by atoms with E-state index in [2.05, 4.69) is 39.0 Å². The Balaban J connectivity index is 2.93. The van der Waals surface area contributed by atoms with E-state index in [1.54, 1.807) is 4.68 Å². The molecular weight excluding hydrogens is 308 g/mol. The van der Waals surface area contributed by atoms with Crippen molar-refractivity contribution in [3.8, 4) is 0 Å². The molecule has 0 fully saturated rings. The number of carbonyl (C=O) groups is 1. The summed E-state index contributed by atoms with van der Waals surface area (Å²) in [6, 6.07) is 1.81. The van der Waals surface area contributed by atoms with Crippen LogP contribution in [0.4, 0.5) is 0 Å². The number of nitrogens with zero attached hydrogens (tertiary/aromatic N) is 2. The molecule has 1 heterocycles. The quantitative estimate of drug-likeness (QED) is 0.551. The fourth-order valence-corrected chi connectivity index (χ4v) is 3.02. The van der Waals surface area contributed by atoms with E-state index in [1.165, 1.54) is 0 Å². The van der Waals surface area contributed by atoms with Crippen LogP contribution in [0.2, 0.25) is 18.1 Å². The minimum Gasteiger partial charge on any atom is -0.461 e. The van der Waals surface area contributed by atoms with Gasteiger partial charge in [0.15, 0.2) is 8.32 Å². The molecule has 0 N–H and O–H groups in total. The molecule has 0 aliphatic rings. The summed E-state index contributed by atoms with van der Waals surface area (Å²) in [6.07, 6.45) is 0.787. The lowest BCUT2D eigenvalue weighted by atomic mass is 10.2. The summed E-state index contributed by atoms with van der Waals surface area (Å²) < 4.78 is 13.2. The predicted molar refractivity (Wildman–Crippen MR) is 95.4 cm³/mol. The van der Waals surface area contributed by atoms with Crippen molar-refractivity contribution >= 4 is 14.3 Å². The van der Waals surface area contributed by atoms with Crippen LogP contribution in [0.1, 0.15) is 63.8 Å². The zero-order valence-electron chi connectivity index (χ0n) is 15.9. The van der Waals surface area contributed by atoms with E-state index in [9.17, 15) is 4.79 Å². The minimum atomic E-state index is -1.82. The first-order valence-electron chi connectivity index (χ1n) is 8.43. The molecule has 0 amide bonds. The van der Waals surface area contributed by atoms with Gasteiger partial charge in [-0.1, -0.05) is 27.7 Å². The highest BCUT2D eigenvalue weighted by Crippen LogP contribution is 2.37. The average molecular weight is 341 g/mol. The zero-order valence-corrected chi connectivity index (χ0v) is 16.9. The van der Waals surface area contributed by atoms with Gasteiger partial charge >= 0.3 is 5.97 Å². The number of hydrogen-bond donors (Lipinski definition) is 0. The monoisotopic (exact) mass is 340 g/mol. The van der Waals surface area contributed by atoms with Gasteiger partial charge in [-0.25, -0.2) is 4.79 Å². The zero-order chi connectivity index (χ0) is 17.8. The lowest BCUT2D eigenvalue weighted by molar-refractivity contribution is 0.0507. The van der Waals surface area contributed by atoms with Crippen molar-refractivity contribution < 1.29 is 14.0 Å². The molecule has 5 nitrogen and oxygen atoms in total. The van der Waals surface area contributed by atoms with Crippen molar-refractivity contribution in [1.29, 1.82) is 0 Å². The van der Waals surface area contributed by atoms with Crippen LogP contribution in [0.15, 0.2) is 6.07 Å². The van der Waals surface area contributed by atoms with E-state index in [0.29, 0.717) is 18.9 Å². The van der Waals surface area contributed by atoms with Crippen molar-refractivity contribution in [1.82, 2.24) is 9.78 Å². The van der Waals surface area contributed by atoms with Gasteiger partial charge in [-0.15, -0.1) is 0 Å². The summed E-state index contributed by atoms with van der Waals surface area (Å²) in [5.74, 6) is -0.320. The van der Waals surface area contributed by atoms with E-state index in [0.717, 1.165) is 12.1 Å². The summed E-state index contributed by atoms with van der Waals surface area (Å²) in [7, 11) is -1.82. The Labute approximate surface area is 141 Å². The number of ether oxygens (including phenoxy) is 1. The van der Waals surface area contributed by atoms with Crippen molar-refractivity contribution in [3.63, 3.8) is 0 Å². The van der Waals surface area contributed by atoms with Gasteiger partial charge in [-0.05, 0) is 44.5 Å². The molecule has 0 aromatic carbocycles. The first-order chi connectivity index (χ1) is 10.5. The SMILES string of the molecule is CCOC(=O)c1cc(CC)nn1[C@@H](C)CO[Si](C)(C)C(C)(C)C. The maximum atomic E-state index is 12.1. The fourth-order valence-electron chi connectivity index (χ4n) is 1.93. The molecule has 1 aromatic rings. The van der Waals surface area contributed by atoms with Crippen LogP contribution in [-0.2, 0) is 15.6 Å². The Hall–Kier alpha value is -1.14. The maximum absolute atomic E-state index is 12.1. The predicted octanol–water partition coefficient (Wildman–Crippen LogP) is 4.21. The minimum absolute atomic E-state index is 0.0103.